The molecule has 0 bridgehead atoms. The lowest BCUT2D eigenvalue weighted by atomic mass is 10.2. The van der Waals surface area contributed by atoms with Gasteiger partial charge in [0.05, 0.1) is 19.1 Å². The van der Waals surface area contributed by atoms with Crippen LogP contribution in [0.25, 0.3) is 0 Å². The van der Waals surface area contributed by atoms with Gasteiger partial charge in [-0.1, -0.05) is 6.92 Å². The first kappa shape index (κ1) is 15.4. The highest BCUT2D eigenvalue weighted by Crippen LogP contribution is 1.96. The zero-order chi connectivity index (χ0) is 12.4. The van der Waals surface area contributed by atoms with Crippen molar-refractivity contribution in [1.29, 1.82) is 0 Å². The fourth-order valence-corrected chi connectivity index (χ4v) is 1.27. The normalized spacial score (nSPS) is 12.8. The number of esters is 1. The van der Waals surface area contributed by atoms with Gasteiger partial charge in [0.2, 0.25) is 0 Å². The second-order valence-electron chi connectivity index (χ2n) is 4.25. The monoisotopic (exact) mass is 231 g/mol. The zero-order valence-electron chi connectivity index (χ0n) is 10.9. The van der Waals surface area contributed by atoms with Gasteiger partial charge in [0.1, 0.15) is 0 Å². The van der Waals surface area contributed by atoms with Crippen molar-refractivity contribution in [3.63, 3.8) is 0 Å². The highest BCUT2D eigenvalue weighted by atomic mass is 16.5. The van der Waals surface area contributed by atoms with Crippen LogP contribution in [0.3, 0.4) is 0 Å². The Bertz CT molecular complexity index is 183. The molecule has 1 atom stereocenters. The second-order valence-corrected chi connectivity index (χ2v) is 4.25. The Morgan fingerprint density at radius 2 is 1.94 bits per heavy atom. The largest absolute Gasteiger partial charge is 0.469 e. The van der Waals surface area contributed by atoms with Crippen molar-refractivity contribution in [2.45, 2.75) is 39.7 Å². The van der Waals surface area contributed by atoms with Crippen LogP contribution in [0.1, 0.15) is 33.6 Å². The number of hydrogen-bond acceptors (Lipinski definition) is 4. The van der Waals surface area contributed by atoms with Gasteiger partial charge < -0.3 is 14.8 Å². The van der Waals surface area contributed by atoms with Crippen LogP contribution in [0.2, 0.25) is 0 Å². The summed E-state index contributed by atoms with van der Waals surface area (Å²) in [4.78, 5) is 11.1. The highest BCUT2D eigenvalue weighted by molar-refractivity contribution is 5.71. The molecule has 0 aliphatic rings. The van der Waals surface area contributed by atoms with E-state index in [0.717, 1.165) is 26.0 Å². The molecular weight excluding hydrogens is 206 g/mol. The van der Waals surface area contributed by atoms with Crippen LogP contribution in [-0.2, 0) is 14.3 Å². The molecule has 0 radical (unpaired) electrons. The molecule has 0 aliphatic heterocycles. The van der Waals surface area contributed by atoms with Crippen LogP contribution in [0.4, 0.5) is 0 Å². The highest BCUT2D eigenvalue weighted by Gasteiger charge is 2.11. The second kappa shape index (κ2) is 9.60. The first-order valence-corrected chi connectivity index (χ1v) is 5.98. The third kappa shape index (κ3) is 8.68. The summed E-state index contributed by atoms with van der Waals surface area (Å²) in [6, 6.07) is 0. The van der Waals surface area contributed by atoms with E-state index < -0.39 is 0 Å². The molecule has 1 unspecified atom stereocenters. The summed E-state index contributed by atoms with van der Waals surface area (Å²) in [7, 11) is 1.42. The molecule has 0 aliphatic carbocycles. The number of ether oxygens (including phenoxy) is 2. The van der Waals surface area contributed by atoms with Gasteiger partial charge in [-0.05, 0) is 33.2 Å². The van der Waals surface area contributed by atoms with Crippen LogP contribution in [-0.4, -0.2) is 38.9 Å². The summed E-state index contributed by atoms with van der Waals surface area (Å²) in [5.41, 5.74) is 0. The molecule has 0 fully saturated rings. The molecule has 0 spiro atoms. The fourth-order valence-electron chi connectivity index (χ4n) is 1.27. The number of hydrogen-bond donors (Lipinski definition) is 1. The number of rotatable bonds is 9. The summed E-state index contributed by atoms with van der Waals surface area (Å²) in [5, 5.41) is 3.23. The van der Waals surface area contributed by atoms with Crippen molar-refractivity contribution in [2.24, 2.45) is 5.92 Å². The lowest BCUT2D eigenvalue weighted by Crippen LogP contribution is -2.28. The Morgan fingerprint density at radius 3 is 2.50 bits per heavy atom. The average Bonchev–Trinajstić information content (AvgIpc) is 2.25. The third-order valence-corrected chi connectivity index (χ3v) is 2.25. The van der Waals surface area contributed by atoms with E-state index in [0.29, 0.717) is 12.6 Å². The Labute approximate surface area is 98.7 Å². The molecule has 0 saturated carbocycles. The summed E-state index contributed by atoms with van der Waals surface area (Å²) in [5.74, 6) is -0.229. The molecule has 0 saturated heterocycles. The molecule has 1 N–H and O–H groups in total. The standard InChI is InChI=1S/C12H25NO3/c1-10(2)16-8-6-5-7-13-9-11(3)12(14)15-4/h10-11,13H,5-9H2,1-4H3. The predicted molar refractivity (Wildman–Crippen MR) is 64.4 cm³/mol. The predicted octanol–water partition coefficient (Wildman–Crippen LogP) is 1.59. The van der Waals surface area contributed by atoms with Crippen molar-refractivity contribution in [3.8, 4) is 0 Å². The van der Waals surface area contributed by atoms with E-state index in [-0.39, 0.29) is 11.9 Å². The van der Waals surface area contributed by atoms with Crippen LogP contribution in [0.15, 0.2) is 0 Å². The van der Waals surface area contributed by atoms with E-state index in [1.165, 1.54) is 7.11 Å². The van der Waals surface area contributed by atoms with Crippen molar-refractivity contribution in [2.75, 3.05) is 26.8 Å². The maximum atomic E-state index is 11.1. The summed E-state index contributed by atoms with van der Waals surface area (Å²) in [6.07, 6.45) is 2.44. The Hall–Kier alpha value is -0.610. The molecule has 0 rings (SSSR count). The van der Waals surface area contributed by atoms with E-state index in [4.69, 9.17) is 4.74 Å². The molecule has 0 aromatic rings. The van der Waals surface area contributed by atoms with Crippen LogP contribution in [0.5, 0.6) is 0 Å². The lowest BCUT2D eigenvalue weighted by Gasteiger charge is -2.10. The van der Waals surface area contributed by atoms with E-state index in [2.05, 4.69) is 10.1 Å². The quantitative estimate of drug-likeness (QED) is 0.483. The number of methoxy groups -OCH3 is 1. The Kier molecular flexibility index (Phi) is 9.24. The summed E-state index contributed by atoms with van der Waals surface area (Å²) >= 11 is 0. The van der Waals surface area contributed by atoms with E-state index in [9.17, 15) is 4.79 Å². The average molecular weight is 231 g/mol. The fraction of sp³-hybridized carbons (Fsp3) is 0.917. The van der Waals surface area contributed by atoms with Crippen LogP contribution in [0, 0.1) is 5.92 Å². The maximum Gasteiger partial charge on any atom is 0.309 e. The first-order valence-electron chi connectivity index (χ1n) is 5.98. The number of unbranched alkanes of at least 4 members (excludes halogenated alkanes) is 1. The zero-order valence-corrected chi connectivity index (χ0v) is 10.9. The minimum absolute atomic E-state index is 0.0723. The van der Waals surface area contributed by atoms with Gasteiger partial charge in [-0.3, -0.25) is 4.79 Å². The smallest absolute Gasteiger partial charge is 0.309 e. The molecule has 0 aromatic heterocycles. The first-order chi connectivity index (χ1) is 7.57. The van der Waals surface area contributed by atoms with Crippen molar-refractivity contribution >= 4 is 5.97 Å². The van der Waals surface area contributed by atoms with Crippen molar-refractivity contribution in [1.82, 2.24) is 5.32 Å². The summed E-state index contributed by atoms with van der Waals surface area (Å²) < 4.78 is 10.1. The van der Waals surface area contributed by atoms with E-state index in [1.54, 1.807) is 0 Å². The minimum Gasteiger partial charge on any atom is -0.469 e. The number of carbonyl (C=O) groups is 1. The SMILES string of the molecule is COC(=O)C(C)CNCCCCOC(C)C. The molecule has 96 valence electrons. The van der Waals surface area contributed by atoms with Gasteiger partial charge in [0, 0.05) is 13.2 Å². The molecule has 0 aromatic carbocycles. The van der Waals surface area contributed by atoms with Crippen molar-refractivity contribution < 1.29 is 14.3 Å². The Morgan fingerprint density at radius 1 is 1.25 bits per heavy atom. The molecule has 0 amide bonds. The Balaban J connectivity index is 3.24. The van der Waals surface area contributed by atoms with Gasteiger partial charge in [0.25, 0.3) is 0 Å². The molecular formula is C12H25NO3. The van der Waals surface area contributed by atoms with E-state index in [1.807, 2.05) is 20.8 Å². The van der Waals surface area contributed by atoms with Gasteiger partial charge in [-0.15, -0.1) is 0 Å². The molecule has 4 nitrogen and oxygen atoms in total. The van der Waals surface area contributed by atoms with Gasteiger partial charge in [-0.2, -0.15) is 0 Å². The van der Waals surface area contributed by atoms with Crippen LogP contribution >= 0.6 is 0 Å². The van der Waals surface area contributed by atoms with Crippen molar-refractivity contribution in [3.05, 3.63) is 0 Å². The third-order valence-electron chi connectivity index (χ3n) is 2.25. The van der Waals surface area contributed by atoms with Gasteiger partial charge >= 0.3 is 5.97 Å². The lowest BCUT2D eigenvalue weighted by molar-refractivity contribution is -0.144. The van der Waals surface area contributed by atoms with E-state index >= 15 is 0 Å². The molecule has 16 heavy (non-hydrogen) atoms. The number of carbonyl (C=O) groups excluding carboxylic acids is 1. The van der Waals surface area contributed by atoms with Gasteiger partial charge in [0.15, 0.2) is 0 Å². The minimum atomic E-state index is -0.157. The topological polar surface area (TPSA) is 47.6 Å². The molecule has 0 heterocycles. The van der Waals surface area contributed by atoms with Crippen LogP contribution < -0.4 is 5.32 Å². The molecule has 4 heteroatoms. The summed E-state index contributed by atoms with van der Waals surface area (Å²) in [6.45, 7) is 8.35. The number of nitrogens with one attached hydrogen (secondary N) is 1. The maximum absolute atomic E-state index is 11.1. The van der Waals surface area contributed by atoms with Gasteiger partial charge in [-0.25, -0.2) is 0 Å².